The van der Waals surface area contributed by atoms with Gasteiger partial charge in [0.1, 0.15) is 0 Å². The van der Waals surface area contributed by atoms with Gasteiger partial charge in [-0.2, -0.15) is 5.10 Å². The Balaban J connectivity index is 1.99. The van der Waals surface area contributed by atoms with Crippen LogP contribution >= 0.6 is 0 Å². The first kappa shape index (κ1) is 22.0. The van der Waals surface area contributed by atoms with Gasteiger partial charge in [0.15, 0.2) is 15.7 Å². The van der Waals surface area contributed by atoms with Gasteiger partial charge in [-0.25, -0.2) is 8.42 Å². The fourth-order valence-electron chi connectivity index (χ4n) is 3.45. The lowest BCUT2D eigenvalue weighted by Gasteiger charge is -2.22. The molecular weight excluding hydrogens is 400 g/mol. The number of hydrogen-bond acceptors (Lipinski definition) is 6. The second-order valence-electron chi connectivity index (χ2n) is 8.10. The summed E-state index contributed by atoms with van der Waals surface area (Å²) >= 11 is 0. The number of nitrogens with zero attached hydrogens (tertiary/aromatic N) is 6. The summed E-state index contributed by atoms with van der Waals surface area (Å²) in [4.78, 5) is 2.13. The van der Waals surface area contributed by atoms with Crippen molar-refractivity contribution in [1.29, 1.82) is 0 Å². The number of aryl methyl sites for hydroxylation is 1. The second kappa shape index (κ2) is 8.99. The Morgan fingerprint density at radius 3 is 2.57 bits per heavy atom. The summed E-state index contributed by atoms with van der Waals surface area (Å²) < 4.78 is 27.2. The lowest BCUT2D eigenvalue weighted by Crippen LogP contribution is -2.27. The van der Waals surface area contributed by atoms with Gasteiger partial charge in [-0.1, -0.05) is 44.5 Å². The summed E-state index contributed by atoms with van der Waals surface area (Å²) in [7, 11) is 0.804. The minimum Gasteiger partial charge on any atom is -0.344 e. The third kappa shape index (κ3) is 5.47. The van der Waals surface area contributed by atoms with Crippen molar-refractivity contribution in [2.24, 2.45) is 13.0 Å². The van der Waals surface area contributed by atoms with Gasteiger partial charge < -0.3 is 4.90 Å². The van der Waals surface area contributed by atoms with E-state index < -0.39 is 9.84 Å². The Kier molecular flexibility index (Phi) is 6.60. The normalized spacial score (nSPS) is 12.8. The van der Waals surface area contributed by atoms with Crippen molar-refractivity contribution in [1.82, 2.24) is 24.5 Å². The molecule has 2 heterocycles. The third-order valence-electron chi connectivity index (χ3n) is 5.08. The van der Waals surface area contributed by atoms with Crippen molar-refractivity contribution in [2.75, 3.05) is 24.7 Å². The lowest BCUT2D eigenvalue weighted by molar-refractivity contribution is 0.550. The van der Waals surface area contributed by atoms with Gasteiger partial charge >= 0.3 is 0 Å². The van der Waals surface area contributed by atoms with Crippen molar-refractivity contribution in [3.8, 4) is 11.4 Å². The van der Waals surface area contributed by atoms with Gasteiger partial charge in [0.05, 0.1) is 24.1 Å². The van der Waals surface area contributed by atoms with Crippen LogP contribution < -0.4 is 4.90 Å². The summed E-state index contributed by atoms with van der Waals surface area (Å²) in [5, 5.41) is 13.2. The molecule has 0 saturated heterocycles. The zero-order valence-electron chi connectivity index (χ0n) is 18.3. The molecule has 0 aliphatic carbocycles. The van der Waals surface area contributed by atoms with Crippen LogP contribution in [0.25, 0.3) is 11.4 Å². The molecule has 0 aliphatic heterocycles. The Labute approximate surface area is 178 Å². The topological polar surface area (TPSA) is 85.9 Å². The average molecular weight is 431 g/mol. The molecule has 3 aromatic rings. The van der Waals surface area contributed by atoms with Crippen LogP contribution in [-0.4, -0.2) is 52.8 Å². The maximum Gasteiger partial charge on any atom is 0.227 e. The van der Waals surface area contributed by atoms with E-state index in [2.05, 4.69) is 38.6 Å². The molecule has 3 rings (SSSR count). The SMILES string of the molecule is CCC(C)CN(C)c1nnc(-c2cnn(C)c2)n1Cc1cccc(CS(C)(=O)=O)c1. The summed E-state index contributed by atoms with van der Waals surface area (Å²) in [6, 6.07) is 7.67. The minimum atomic E-state index is -3.09. The summed E-state index contributed by atoms with van der Waals surface area (Å²) in [5.41, 5.74) is 2.67. The number of hydrogen-bond donors (Lipinski definition) is 0. The van der Waals surface area contributed by atoms with E-state index in [1.54, 1.807) is 10.9 Å². The van der Waals surface area contributed by atoms with Crippen LogP contribution in [0.4, 0.5) is 5.95 Å². The highest BCUT2D eigenvalue weighted by Gasteiger charge is 2.19. The van der Waals surface area contributed by atoms with Gasteiger partial charge in [0.2, 0.25) is 5.95 Å². The van der Waals surface area contributed by atoms with E-state index in [1.165, 1.54) is 6.26 Å². The number of anilines is 1. The number of aromatic nitrogens is 5. The molecule has 0 N–H and O–H groups in total. The molecule has 0 radical (unpaired) electrons. The molecule has 0 saturated carbocycles. The zero-order valence-corrected chi connectivity index (χ0v) is 19.1. The standard InChI is InChI=1S/C21H30N6O2S/c1-6-16(2)12-25(3)21-24-23-20(19-11-22-26(4)14-19)27(21)13-17-8-7-9-18(10-17)15-30(5,28)29/h7-11,14,16H,6,12-13,15H2,1-5H3. The van der Waals surface area contributed by atoms with E-state index in [4.69, 9.17) is 0 Å². The van der Waals surface area contributed by atoms with Crippen LogP contribution in [0.1, 0.15) is 31.4 Å². The van der Waals surface area contributed by atoms with E-state index in [-0.39, 0.29) is 5.75 Å². The second-order valence-corrected chi connectivity index (χ2v) is 10.2. The van der Waals surface area contributed by atoms with Gasteiger partial charge in [-0.3, -0.25) is 9.25 Å². The molecule has 9 heteroatoms. The quantitative estimate of drug-likeness (QED) is 0.519. The first-order valence-corrected chi connectivity index (χ1v) is 12.1. The molecule has 0 amide bonds. The van der Waals surface area contributed by atoms with Crippen LogP contribution in [0.2, 0.25) is 0 Å². The van der Waals surface area contributed by atoms with Crippen LogP contribution in [0.5, 0.6) is 0 Å². The monoisotopic (exact) mass is 430 g/mol. The largest absolute Gasteiger partial charge is 0.344 e. The fraction of sp³-hybridized carbons (Fsp3) is 0.476. The van der Waals surface area contributed by atoms with Gasteiger partial charge in [-0.05, 0) is 17.0 Å². The van der Waals surface area contributed by atoms with Crippen molar-refractivity contribution < 1.29 is 8.42 Å². The third-order valence-corrected chi connectivity index (χ3v) is 5.94. The highest BCUT2D eigenvalue weighted by Crippen LogP contribution is 2.24. The Morgan fingerprint density at radius 1 is 1.20 bits per heavy atom. The van der Waals surface area contributed by atoms with Gasteiger partial charge in [0.25, 0.3) is 0 Å². The van der Waals surface area contributed by atoms with Crippen molar-refractivity contribution >= 4 is 15.8 Å². The highest BCUT2D eigenvalue weighted by molar-refractivity contribution is 7.89. The minimum absolute atomic E-state index is 0.0270. The molecular formula is C21H30N6O2S. The van der Waals surface area contributed by atoms with Crippen LogP contribution in [0.15, 0.2) is 36.7 Å². The first-order valence-electron chi connectivity index (χ1n) is 10.0. The fourth-order valence-corrected chi connectivity index (χ4v) is 4.24. The predicted molar refractivity (Wildman–Crippen MR) is 119 cm³/mol. The summed E-state index contributed by atoms with van der Waals surface area (Å²) in [5.74, 6) is 2.07. The lowest BCUT2D eigenvalue weighted by atomic mass is 10.1. The van der Waals surface area contributed by atoms with Crippen molar-refractivity contribution in [3.05, 3.63) is 47.8 Å². The van der Waals surface area contributed by atoms with Crippen molar-refractivity contribution in [2.45, 2.75) is 32.6 Å². The molecule has 30 heavy (non-hydrogen) atoms. The molecule has 0 aliphatic rings. The smallest absolute Gasteiger partial charge is 0.227 e. The Bertz CT molecular complexity index is 1100. The van der Waals surface area contributed by atoms with Crippen LogP contribution in [0.3, 0.4) is 0 Å². The number of rotatable bonds is 9. The average Bonchev–Trinajstić information content (AvgIpc) is 3.26. The molecule has 0 spiro atoms. The van der Waals surface area contributed by atoms with E-state index in [0.717, 1.165) is 41.4 Å². The molecule has 0 fully saturated rings. The maximum absolute atomic E-state index is 11.7. The Hall–Kier alpha value is -2.68. The molecule has 1 atom stereocenters. The number of benzene rings is 1. The molecule has 162 valence electrons. The summed E-state index contributed by atoms with van der Waals surface area (Å²) in [6.45, 7) is 5.80. The van der Waals surface area contributed by atoms with Gasteiger partial charge in [0, 0.05) is 33.1 Å². The first-order chi connectivity index (χ1) is 14.2. The molecule has 1 unspecified atom stereocenters. The predicted octanol–water partition coefficient (Wildman–Crippen LogP) is 2.75. The molecule has 1 aromatic carbocycles. The van der Waals surface area contributed by atoms with E-state index >= 15 is 0 Å². The summed E-state index contributed by atoms with van der Waals surface area (Å²) in [6.07, 6.45) is 6.03. The molecule has 8 nitrogen and oxygen atoms in total. The molecule has 2 aromatic heterocycles. The van der Waals surface area contributed by atoms with Gasteiger partial charge in [-0.15, -0.1) is 10.2 Å². The van der Waals surface area contributed by atoms with E-state index in [1.807, 2.05) is 44.6 Å². The number of sulfone groups is 1. The maximum atomic E-state index is 11.7. The highest BCUT2D eigenvalue weighted by atomic mass is 32.2. The van der Waals surface area contributed by atoms with Crippen LogP contribution in [0, 0.1) is 5.92 Å². The zero-order chi connectivity index (χ0) is 21.9. The van der Waals surface area contributed by atoms with Crippen molar-refractivity contribution in [3.63, 3.8) is 0 Å². The van der Waals surface area contributed by atoms with E-state index in [9.17, 15) is 8.42 Å². The van der Waals surface area contributed by atoms with E-state index in [0.29, 0.717) is 12.5 Å². The van der Waals surface area contributed by atoms with Crippen LogP contribution in [-0.2, 0) is 29.2 Å². The Morgan fingerprint density at radius 2 is 1.93 bits per heavy atom. The molecule has 0 bridgehead atoms.